The highest BCUT2D eigenvalue weighted by molar-refractivity contribution is 9.10. The number of aromatic hydroxyl groups is 1. The number of Topliss-reactive ketones (excluding diaryl/α,β-unsaturated/α-hetero) is 1. The maximum atomic E-state index is 13.9. The molecule has 3 rings (SSSR count). The molecule has 0 aliphatic heterocycles. The van der Waals surface area contributed by atoms with Crippen molar-refractivity contribution in [2.75, 3.05) is 0 Å². The maximum Gasteiger partial charge on any atom is 0.166 e. The molecule has 0 fully saturated rings. The van der Waals surface area contributed by atoms with Crippen molar-refractivity contribution in [2.45, 2.75) is 39.5 Å². The Hall–Kier alpha value is -1.16. The molecule has 0 amide bonds. The summed E-state index contributed by atoms with van der Waals surface area (Å²) < 4.78 is 14.3. The van der Waals surface area contributed by atoms with Gasteiger partial charge in [-0.3, -0.25) is 4.79 Å². The molecule has 0 bridgehead atoms. The molecule has 1 unspecified atom stereocenters. The highest BCUT2D eigenvalue weighted by Crippen LogP contribution is 2.58. The van der Waals surface area contributed by atoms with Crippen LogP contribution in [0.5, 0.6) is 5.75 Å². The van der Waals surface area contributed by atoms with Crippen LogP contribution in [0.3, 0.4) is 0 Å². The summed E-state index contributed by atoms with van der Waals surface area (Å²) in [7, 11) is 0. The largest absolute Gasteiger partial charge is 0.504 e. The molecule has 0 aromatic heterocycles. The van der Waals surface area contributed by atoms with Crippen molar-refractivity contribution in [1.82, 2.24) is 0 Å². The molecular weight excluding hydrogens is 323 g/mol. The third kappa shape index (κ3) is 1.63. The van der Waals surface area contributed by atoms with Gasteiger partial charge in [-0.1, -0.05) is 6.92 Å². The highest BCUT2D eigenvalue weighted by Gasteiger charge is 2.46. The van der Waals surface area contributed by atoms with Crippen molar-refractivity contribution in [3.05, 3.63) is 33.1 Å². The van der Waals surface area contributed by atoms with Crippen molar-refractivity contribution in [1.29, 1.82) is 0 Å². The summed E-state index contributed by atoms with van der Waals surface area (Å²) in [6.07, 6.45) is 3.03. The SMILES string of the molecule is CCC12CCC(=O)C(C)=C1c1cc(F)c(O)c(Br)c1C2. The zero-order valence-corrected chi connectivity index (χ0v) is 13.1. The van der Waals surface area contributed by atoms with Gasteiger partial charge in [0.05, 0.1) is 4.47 Å². The molecule has 4 heteroatoms. The zero-order chi connectivity index (χ0) is 14.7. The average molecular weight is 339 g/mol. The highest BCUT2D eigenvalue weighted by atomic mass is 79.9. The first-order valence-corrected chi connectivity index (χ1v) is 7.65. The van der Waals surface area contributed by atoms with E-state index in [1.807, 2.05) is 6.92 Å². The van der Waals surface area contributed by atoms with Crippen LogP contribution in [0.2, 0.25) is 0 Å². The van der Waals surface area contributed by atoms with Crippen LogP contribution in [0.4, 0.5) is 4.39 Å². The molecule has 1 N–H and O–H groups in total. The molecule has 2 aliphatic rings. The number of phenols is 1. The number of carbonyl (C=O) groups excluding carboxylic acids is 1. The number of halogens is 2. The Morgan fingerprint density at radius 2 is 2.20 bits per heavy atom. The van der Waals surface area contributed by atoms with E-state index < -0.39 is 5.82 Å². The van der Waals surface area contributed by atoms with Crippen LogP contribution < -0.4 is 0 Å². The molecule has 0 heterocycles. The fourth-order valence-corrected chi connectivity index (χ4v) is 4.27. The monoisotopic (exact) mass is 338 g/mol. The first-order chi connectivity index (χ1) is 9.41. The fraction of sp³-hybridized carbons (Fsp3) is 0.438. The summed E-state index contributed by atoms with van der Waals surface area (Å²) in [4.78, 5) is 12.0. The maximum absolute atomic E-state index is 13.9. The van der Waals surface area contributed by atoms with Crippen molar-refractivity contribution in [2.24, 2.45) is 5.41 Å². The van der Waals surface area contributed by atoms with Crippen LogP contribution in [-0.2, 0) is 11.2 Å². The molecule has 0 spiro atoms. The van der Waals surface area contributed by atoms with Crippen LogP contribution >= 0.6 is 15.9 Å². The summed E-state index contributed by atoms with van der Waals surface area (Å²) in [5.74, 6) is -0.819. The van der Waals surface area contributed by atoms with Crippen LogP contribution in [0, 0.1) is 11.2 Å². The molecule has 20 heavy (non-hydrogen) atoms. The number of hydrogen-bond acceptors (Lipinski definition) is 2. The van der Waals surface area contributed by atoms with Crippen molar-refractivity contribution >= 4 is 27.3 Å². The predicted molar refractivity (Wildman–Crippen MR) is 79.0 cm³/mol. The Morgan fingerprint density at radius 3 is 2.85 bits per heavy atom. The predicted octanol–water partition coefficient (Wildman–Crippen LogP) is 4.38. The number of fused-ring (bicyclic) bond motifs is 3. The van der Waals surface area contributed by atoms with E-state index in [4.69, 9.17) is 0 Å². The van der Waals surface area contributed by atoms with E-state index in [9.17, 15) is 14.3 Å². The van der Waals surface area contributed by atoms with E-state index in [-0.39, 0.29) is 16.9 Å². The minimum atomic E-state index is -0.638. The number of rotatable bonds is 1. The summed E-state index contributed by atoms with van der Waals surface area (Å²) in [5.41, 5.74) is 3.39. The number of benzene rings is 1. The van der Waals surface area contributed by atoms with Gasteiger partial charge < -0.3 is 5.11 Å². The Labute approximate surface area is 125 Å². The van der Waals surface area contributed by atoms with Gasteiger partial charge in [0.2, 0.25) is 0 Å². The third-order valence-electron chi connectivity index (χ3n) is 4.91. The van der Waals surface area contributed by atoms with Gasteiger partial charge in [0.25, 0.3) is 0 Å². The molecule has 0 radical (unpaired) electrons. The molecule has 1 aromatic carbocycles. The van der Waals surface area contributed by atoms with Crippen LogP contribution in [-0.4, -0.2) is 10.9 Å². The van der Waals surface area contributed by atoms with Crippen molar-refractivity contribution in [3.63, 3.8) is 0 Å². The molecule has 1 aromatic rings. The quantitative estimate of drug-likeness (QED) is 0.824. The summed E-state index contributed by atoms with van der Waals surface area (Å²) in [6, 6.07) is 1.38. The first kappa shape index (κ1) is 13.8. The number of hydrogen-bond donors (Lipinski definition) is 1. The van der Waals surface area contributed by atoms with E-state index in [2.05, 4.69) is 22.9 Å². The minimum absolute atomic E-state index is 0.0803. The molecule has 2 aliphatic carbocycles. The summed E-state index contributed by atoms with van der Waals surface area (Å²) in [6.45, 7) is 3.95. The lowest BCUT2D eigenvalue weighted by molar-refractivity contribution is -0.116. The molecule has 0 saturated carbocycles. The second kappa shape index (κ2) is 4.42. The smallest absolute Gasteiger partial charge is 0.166 e. The van der Waals surface area contributed by atoms with E-state index in [1.165, 1.54) is 6.07 Å². The zero-order valence-electron chi connectivity index (χ0n) is 11.5. The number of allylic oxidation sites excluding steroid dienone is 2. The van der Waals surface area contributed by atoms with Crippen LogP contribution in [0.25, 0.3) is 5.57 Å². The van der Waals surface area contributed by atoms with Crippen LogP contribution in [0.1, 0.15) is 44.2 Å². The Balaban J connectivity index is 2.34. The molecule has 0 saturated heterocycles. The second-order valence-corrected chi connectivity index (χ2v) is 6.57. The van der Waals surface area contributed by atoms with Crippen LogP contribution in [0.15, 0.2) is 16.1 Å². The first-order valence-electron chi connectivity index (χ1n) is 6.86. The van der Waals surface area contributed by atoms with E-state index in [0.717, 1.165) is 41.5 Å². The lowest BCUT2D eigenvalue weighted by atomic mass is 9.68. The number of ketones is 1. The molecule has 2 nitrogen and oxygen atoms in total. The molecular formula is C16H16BrFO2. The van der Waals surface area contributed by atoms with Crippen molar-refractivity contribution in [3.8, 4) is 5.75 Å². The average Bonchev–Trinajstić information content (AvgIpc) is 2.77. The fourth-order valence-electron chi connectivity index (χ4n) is 3.73. The molecule has 106 valence electrons. The van der Waals surface area contributed by atoms with Gasteiger partial charge >= 0.3 is 0 Å². The third-order valence-corrected chi connectivity index (χ3v) is 5.76. The van der Waals surface area contributed by atoms with Crippen molar-refractivity contribution < 1.29 is 14.3 Å². The Kier molecular flexibility index (Phi) is 3.05. The van der Waals surface area contributed by atoms with E-state index >= 15 is 0 Å². The van der Waals surface area contributed by atoms with Gasteiger partial charge in [-0.25, -0.2) is 4.39 Å². The van der Waals surface area contributed by atoms with Gasteiger partial charge in [-0.2, -0.15) is 0 Å². The molecule has 1 atom stereocenters. The Morgan fingerprint density at radius 1 is 1.50 bits per heavy atom. The summed E-state index contributed by atoms with van der Waals surface area (Å²) >= 11 is 3.31. The standard InChI is InChI=1S/C16H16BrFO2/c1-3-16-5-4-12(19)8(2)13(16)9-6-11(18)15(20)14(17)10(9)7-16/h6,20H,3-5,7H2,1-2H3. The minimum Gasteiger partial charge on any atom is -0.504 e. The Bertz CT molecular complexity index is 663. The topological polar surface area (TPSA) is 37.3 Å². The lowest BCUT2D eigenvalue weighted by Crippen LogP contribution is -2.27. The van der Waals surface area contributed by atoms with E-state index in [0.29, 0.717) is 10.9 Å². The number of carbonyl (C=O) groups is 1. The number of phenolic OH excluding ortho intramolecular Hbond substituents is 1. The van der Waals surface area contributed by atoms with Gasteiger partial charge in [0.15, 0.2) is 17.3 Å². The van der Waals surface area contributed by atoms with Gasteiger partial charge in [0, 0.05) is 11.8 Å². The van der Waals surface area contributed by atoms with Gasteiger partial charge in [-0.05, 0) is 70.5 Å². The van der Waals surface area contributed by atoms with E-state index in [1.54, 1.807) is 0 Å². The van der Waals surface area contributed by atoms with Gasteiger partial charge in [0.1, 0.15) is 0 Å². The normalized spacial score (nSPS) is 24.9. The van der Waals surface area contributed by atoms with Gasteiger partial charge in [-0.15, -0.1) is 0 Å². The second-order valence-electron chi connectivity index (χ2n) is 5.78. The summed E-state index contributed by atoms with van der Waals surface area (Å²) in [5, 5.41) is 9.77. The lowest BCUT2D eigenvalue weighted by Gasteiger charge is -2.34.